The smallest absolute Gasteiger partial charge is 0.0580 e. The van der Waals surface area contributed by atoms with E-state index in [1.54, 1.807) is 0 Å². The largest absolute Gasteiger partial charge is 0.375 e. The molecule has 2 saturated carbocycles. The van der Waals surface area contributed by atoms with Gasteiger partial charge in [0.25, 0.3) is 0 Å². The quantitative estimate of drug-likeness (QED) is 0.668. The molecule has 81 valence electrons. The SMILES string of the molecule is [NH]C1CCC(OC2CCCCC2)CC1. The Kier molecular flexibility index (Phi) is 3.82. The van der Waals surface area contributed by atoms with Crippen molar-refractivity contribution in [3.8, 4) is 0 Å². The summed E-state index contributed by atoms with van der Waals surface area (Å²) in [6.45, 7) is 0. The molecule has 1 radical (unpaired) electrons. The standard InChI is InChI=1S/C12H22NO/c13-10-6-8-12(9-7-10)14-11-4-2-1-3-5-11/h10-13H,1-9H2. The lowest BCUT2D eigenvalue weighted by Gasteiger charge is -2.31. The van der Waals surface area contributed by atoms with Gasteiger partial charge in [0.15, 0.2) is 0 Å². The van der Waals surface area contributed by atoms with Gasteiger partial charge in [-0.3, -0.25) is 5.73 Å². The molecule has 0 unspecified atom stereocenters. The Morgan fingerprint density at radius 2 is 1.29 bits per heavy atom. The van der Waals surface area contributed by atoms with Crippen molar-refractivity contribution in [2.75, 3.05) is 0 Å². The monoisotopic (exact) mass is 196 g/mol. The second-order valence-electron chi connectivity index (χ2n) is 4.87. The molecule has 2 aliphatic carbocycles. The third-order valence-corrected chi connectivity index (χ3v) is 3.61. The summed E-state index contributed by atoms with van der Waals surface area (Å²) in [6, 6.07) is 0.196. The fourth-order valence-corrected chi connectivity index (χ4v) is 2.67. The molecule has 0 amide bonds. The van der Waals surface area contributed by atoms with Gasteiger partial charge in [-0.1, -0.05) is 19.3 Å². The van der Waals surface area contributed by atoms with Crippen LogP contribution < -0.4 is 5.73 Å². The molecule has 2 nitrogen and oxygen atoms in total. The molecule has 2 aliphatic rings. The lowest BCUT2D eigenvalue weighted by molar-refractivity contribution is -0.0470. The van der Waals surface area contributed by atoms with Crippen LogP contribution in [0.25, 0.3) is 0 Å². The van der Waals surface area contributed by atoms with Crippen LogP contribution in [-0.4, -0.2) is 18.2 Å². The van der Waals surface area contributed by atoms with Gasteiger partial charge in [-0.05, 0) is 38.5 Å². The molecule has 0 aromatic rings. The van der Waals surface area contributed by atoms with Gasteiger partial charge < -0.3 is 4.74 Å². The van der Waals surface area contributed by atoms with Gasteiger partial charge in [0.1, 0.15) is 0 Å². The average molecular weight is 196 g/mol. The Bertz CT molecular complexity index is 158. The molecule has 2 fully saturated rings. The van der Waals surface area contributed by atoms with Crippen LogP contribution in [0.4, 0.5) is 0 Å². The highest BCUT2D eigenvalue weighted by atomic mass is 16.5. The predicted molar refractivity (Wildman–Crippen MR) is 57.1 cm³/mol. The summed E-state index contributed by atoms with van der Waals surface area (Å²) in [7, 11) is 0. The van der Waals surface area contributed by atoms with E-state index >= 15 is 0 Å². The summed E-state index contributed by atoms with van der Waals surface area (Å²) in [4.78, 5) is 0. The number of ether oxygens (including phenoxy) is 1. The molecule has 1 N–H and O–H groups in total. The fraction of sp³-hybridized carbons (Fsp3) is 1.00. The lowest BCUT2D eigenvalue weighted by atomic mass is 9.92. The Morgan fingerprint density at radius 3 is 1.93 bits per heavy atom. The Balaban J connectivity index is 1.68. The van der Waals surface area contributed by atoms with Gasteiger partial charge in [-0.25, -0.2) is 0 Å². The van der Waals surface area contributed by atoms with Crippen LogP contribution in [0.15, 0.2) is 0 Å². The van der Waals surface area contributed by atoms with Crippen molar-refractivity contribution < 1.29 is 4.74 Å². The summed E-state index contributed by atoms with van der Waals surface area (Å²) >= 11 is 0. The van der Waals surface area contributed by atoms with Gasteiger partial charge in [-0.15, -0.1) is 0 Å². The first-order valence-electron chi connectivity index (χ1n) is 6.21. The van der Waals surface area contributed by atoms with E-state index in [2.05, 4.69) is 0 Å². The van der Waals surface area contributed by atoms with E-state index in [0.717, 1.165) is 25.7 Å². The summed E-state index contributed by atoms with van der Waals surface area (Å²) in [5.41, 5.74) is 7.63. The third kappa shape index (κ3) is 2.96. The maximum absolute atomic E-state index is 7.63. The van der Waals surface area contributed by atoms with Gasteiger partial charge in [0.05, 0.1) is 12.2 Å². The zero-order chi connectivity index (χ0) is 9.80. The molecule has 2 rings (SSSR count). The van der Waals surface area contributed by atoms with Crippen molar-refractivity contribution in [1.29, 1.82) is 0 Å². The van der Waals surface area contributed by atoms with Gasteiger partial charge in [0.2, 0.25) is 0 Å². The maximum Gasteiger partial charge on any atom is 0.0580 e. The highest BCUT2D eigenvalue weighted by molar-refractivity contribution is 4.76. The molecule has 0 saturated heterocycles. The minimum atomic E-state index is 0.196. The van der Waals surface area contributed by atoms with E-state index in [0.29, 0.717) is 12.2 Å². The number of hydrogen-bond donors (Lipinski definition) is 0. The van der Waals surface area contributed by atoms with Gasteiger partial charge >= 0.3 is 0 Å². The normalized spacial score (nSPS) is 35.8. The molecule has 0 aromatic heterocycles. The van der Waals surface area contributed by atoms with E-state index in [-0.39, 0.29) is 6.04 Å². The molecular weight excluding hydrogens is 174 g/mol. The lowest BCUT2D eigenvalue weighted by Crippen LogP contribution is -2.30. The first-order valence-corrected chi connectivity index (χ1v) is 6.21. The van der Waals surface area contributed by atoms with Crippen molar-refractivity contribution in [3.63, 3.8) is 0 Å². The predicted octanol–water partition coefficient (Wildman–Crippen LogP) is 2.93. The second-order valence-corrected chi connectivity index (χ2v) is 4.87. The summed E-state index contributed by atoms with van der Waals surface area (Å²) < 4.78 is 6.10. The van der Waals surface area contributed by atoms with Crippen molar-refractivity contribution in [2.24, 2.45) is 0 Å². The summed E-state index contributed by atoms with van der Waals surface area (Å²) in [5, 5.41) is 0. The first kappa shape index (κ1) is 10.4. The second kappa shape index (κ2) is 5.13. The van der Waals surface area contributed by atoms with Crippen molar-refractivity contribution in [3.05, 3.63) is 0 Å². The zero-order valence-electron chi connectivity index (χ0n) is 9.00. The van der Waals surface area contributed by atoms with E-state index < -0.39 is 0 Å². The molecule has 0 atom stereocenters. The Morgan fingerprint density at radius 1 is 0.714 bits per heavy atom. The fourth-order valence-electron chi connectivity index (χ4n) is 2.67. The molecule has 0 aromatic carbocycles. The topological polar surface area (TPSA) is 33.0 Å². The molecule has 2 heteroatoms. The molecular formula is C12H22NO. The summed E-state index contributed by atoms with van der Waals surface area (Å²) in [5.74, 6) is 0. The van der Waals surface area contributed by atoms with Crippen LogP contribution in [0.1, 0.15) is 57.8 Å². The molecule has 14 heavy (non-hydrogen) atoms. The first-order chi connectivity index (χ1) is 6.84. The van der Waals surface area contributed by atoms with Crippen molar-refractivity contribution >= 4 is 0 Å². The molecule has 0 heterocycles. The van der Waals surface area contributed by atoms with Gasteiger partial charge in [0, 0.05) is 6.04 Å². The van der Waals surface area contributed by atoms with Crippen LogP contribution in [0.2, 0.25) is 0 Å². The number of hydrogen-bond acceptors (Lipinski definition) is 1. The van der Waals surface area contributed by atoms with Crippen molar-refractivity contribution in [1.82, 2.24) is 5.73 Å². The van der Waals surface area contributed by atoms with Crippen LogP contribution >= 0.6 is 0 Å². The van der Waals surface area contributed by atoms with Crippen LogP contribution in [-0.2, 0) is 4.74 Å². The minimum absolute atomic E-state index is 0.196. The van der Waals surface area contributed by atoms with Crippen molar-refractivity contribution in [2.45, 2.75) is 76.0 Å². The minimum Gasteiger partial charge on any atom is -0.375 e. The highest BCUT2D eigenvalue weighted by Gasteiger charge is 2.23. The van der Waals surface area contributed by atoms with Crippen LogP contribution in [0, 0.1) is 0 Å². The van der Waals surface area contributed by atoms with Crippen LogP contribution in [0.5, 0.6) is 0 Å². The highest BCUT2D eigenvalue weighted by Crippen LogP contribution is 2.27. The summed E-state index contributed by atoms with van der Waals surface area (Å²) in [6.07, 6.45) is 12.1. The third-order valence-electron chi connectivity index (χ3n) is 3.61. The van der Waals surface area contributed by atoms with Crippen LogP contribution in [0.3, 0.4) is 0 Å². The average Bonchev–Trinajstić information content (AvgIpc) is 2.23. The zero-order valence-corrected chi connectivity index (χ0v) is 9.00. The van der Waals surface area contributed by atoms with E-state index in [1.165, 1.54) is 32.1 Å². The maximum atomic E-state index is 7.63. The number of rotatable bonds is 2. The number of nitrogens with one attached hydrogen (secondary N) is 1. The Labute approximate surface area is 87.2 Å². The van der Waals surface area contributed by atoms with E-state index in [9.17, 15) is 0 Å². The Hall–Kier alpha value is -0.0800. The van der Waals surface area contributed by atoms with Gasteiger partial charge in [-0.2, -0.15) is 0 Å². The molecule has 0 spiro atoms. The molecule has 0 bridgehead atoms. The van der Waals surface area contributed by atoms with E-state index in [4.69, 9.17) is 10.5 Å². The van der Waals surface area contributed by atoms with E-state index in [1.807, 2.05) is 0 Å². The molecule has 0 aliphatic heterocycles.